The second-order valence-corrected chi connectivity index (χ2v) is 15.1. The summed E-state index contributed by atoms with van der Waals surface area (Å²) in [6.07, 6.45) is 41.9. The monoisotopic (exact) mass is 783 g/mol. The Hall–Kier alpha value is -2.33. The highest BCUT2D eigenvalue weighted by Gasteiger charge is 2.27. The van der Waals surface area contributed by atoms with Crippen LogP contribution in [0.15, 0.2) is 60.8 Å². The van der Waals surface area contributed by atoms with Crippen molar-refractivity contribution in [1.29, 1.82) is 0 Å². The van der Waals surface area contributed by atoms with E-state index in [1.165, 1.54) is 51.4 Å². The molecule has 11 heteroatoms. The summed E-state index contributed by atoms with van der Waals surface area (Å²) in [7, 11) is -4.62. The van der Waals surface area contributed by atoms with Crippen LogP contribution in [0.3, 0.4) is 0 Å². The molecule has 0 saturated carbocycles. The first-order chi connectivity index (χ1) is 26.2. The Labute approximate surface area is 327 Å². The van der Waals surface area contributed by atoms with Crippen LogP contribution >= 0.6 is 7.82 Å². The third-order valence-electron chi connectivity index (χ3n) is 8.44. The Bertz CT molecular complexity index is 1080. The van der Waals surface area contributed by atoms with Crippen LogP contribution in [0.5, 0.6) is 0 Å². The van der Waals surface area contributed by atoms with Crippen LogP contribution in [0, 0.1) is 0 Å². The van der Waals surface area contributed by atoms with Crippen molar-refractivity contribution in [2.45, 2.75) is 174 Å². The number of rotatable bonds is 38. The summed E-state index contributed by atoms with van der Waals surface area (Å²) < 4.78 is 32.6. The van der Waals surface area contributed by atoms with E-state index in [0.29, 0.717) is 12.8 Å². The Morgan fingerprint density at radius 1 is 0.574 bits per heavy atom. The number of carbonyl (C=O) groups excluding carboxylic acids is 2. The molecule has 3 N–H and O–H groups in total. The van der Waals surface area contributed by atoms with E-state index in [9.17, 15) is 24.2 Å². The Balaban J connectivity index is 4.39. The minimum Gasteiger partial charge on any atom is -0.462 e. The average Bonchev–Trinajstić information content (AvgIpc) is 3.16. The van der Waals surface area contributed by atoms with Crippen LogP contribution in [0.2, 0.25) is 0 Å². The van der Waals surface area contributed by atoms with Crippen molar-refractivity contribution in [3.8, 4) is 0 Å². The van der Waals surface area contributed by atoms with E-state index >= 15 is 0 Å². The summed E-state index contributed by atoms with van der Waals surface area (Å²) in [5.74, 6) is -0.965. The van der Waals surface area contributed by atoms with Crippen molar-refractivity contribution >= 4 is 19.8 Å². The normalized spacial score (nSPS) is 14.5. The highest BCUT2D eigenvalue weighted by atomic mass is 31.2. The molecule has 0 rings (SSSR count). The molecular formula is C43H75O10P. The van der Waals surface area contributed by atoms with Gasteiger partial charge in [0.1, 0.15) is 12.7 Å². The van der Waals surface area contributed by atoms with Crippen LogP contribution in [-0.4, -0.2) is 65.7 Å². The molecular weight excluding hydrogens is 707 g/mol. The van der Waals surface area contributed by atoms with Gasteiger partial charge in [-0.3, -0.25) is 18.6 Å². The van der Waals surface area contributed by atoms with E-state index in [1.54, 1.807) is 0 Å². The molecule has 0 aromatic heterocycles. The van der Waals surface area contributed by atoms with Crippen LogP contribution < -0.4 is 0 Å². The summed E-state index contributed by atoms with van der Waals surface area (Å²) in [4.78, 5) is 34.9. The number of ether oxygens (including phenoxy) is 2. The highest BCUT2D eigenvalue weighted by Crippen LogP contribution is 2.43. The quantitative estimate of drug-likeness (QED) is 0.0239. The number of allylic oxidation sites excluding steroid dienone is 10. The lowest BCUT2D eigenvalue weighted by atomic mass is 10.0. The maximum absolute atomic E-state index is 12.6. The van der Waals surface area contributed by atoms with Crippen molar-refractivity contribution in [1.82, 2.24) is 0 Å². The predicted octanol–water partition coefficient (Wildman–Crippen LogP) is 10.7. The van der Waals surface area contributed by atoms with Crippen LogP contribution in [0.25, 0.3) is 0 Å². The van der Waals surface area contributed by atoms with Gasteiger partial charge in [0.2, 0.25) is 0 Å². The molecule has 0 aromatic carbocycles. The van der Waals surface area contributed by atoms with Gasteiger partial charge in [-0.25, -0.2) is 4.57 Å². The topological polar surface area (TPSA) is 149 Å². The van der Waals surface area contributed by atoms with Gasteiger partial charge < -0.3 is 24.6 Å². The van der Waals surface area contributed by atoms with E-state index in [4.69, 9.17) is 19.1 Å². The summed E-state index contributed by atoms with van der Waals surface area (Å²) in [5.41, 5.74) is 0. The van der Waals surface area contributed by atoms with Gasteiger partial charge in [-0.1, -0.05) is 152 Å². The molecule has 0 bridgehead atoms. The Morgan fingerprint density at radius 3 is 1.54 bits per heavy atom. The van der Waals surface area contributed by atoms with E-state index in [0.717, 1.165) is 70.6 Å². The molecule has 0 spiro atoms. The number of phosphoric ester groups is 1. The fraction of sp³-hybridized carbons (Fsp3) is 0.721. The van der Waals surface area contributed by atoms with Crippen LogP contribution in [0.1, 0.15) is 162 Å². The van der Waals surface area contributed by atoms with Gasteiger partial charge in [-0.05, 0) is 57.8 Å². The first kappa shape index (κ1) is 51.7. The summed E-state index contributed by atoms with van der Waals surface area (Å²) in [5, 5.41) is 18.3. The first-order valence-electron chi connectivity index (χ1n) is 20.7. The van der Waals surface area contributed by atoms with E-state index in [1.807, 2.05) is 0 Å². The highest BCUT2D eigenvalue weighted by molar-refractivity contribution is 7.47. The second kappa shape index (κ2) is 38.9. The summed E-state index contributed by atoms with van der Waals surface area (Å²) in [6.45, 7) is 2.21. The number of carbonyl (C=O) groups is 2. The lowest BCUT2D eigenvalue weighted by Gasteiger charge is -2.20. The van der Waals surface area contributed by atoms with Gasteiger partial charge in [0.05, 0.1) is 19.8 Å². The molecule has 54 heavy (non-hydrogen) atoms. The molecule has 3 unspecified atom stereocenters. The fourth-order valence-electron chi connectivity index (χ4n) is 5.25. The molecule has 312 valence electrons. The molecule has 0 aromatic rings. The van der Waals surface area contributed by atoms with Gasteiger partial charge in [0.15, 0.2) is 6.10 Å². The smallest absolute Gasteiger partial charge is 0.462 e. The van der Waals surface area contributed by atoms with Crippen molar-refractivity contribution in [2.24, 2.45) is 0 Å². The molecule has 3 atom stereocenters. The molecule has 0 aliphatic carbocycles. The number of phosphoric acid groups is 1. The molecule has 0 aliphatic heterocycles. The molecule has 0 saturated heterocycles. The van der Waals surface area contributed by atoms with E-state index < -0.39 is 51.8 Å². The molecule has 0 amide bonds. The first-order valence-corrected chi connectivity index (χ1v) is 22.2. The maximum Gasteiger partial charge on any atom is 0.472 e. The van der Waals surface area contributed by atoms with Crippen molar-refractivity contribution in [3.63, 3.8) is 0 Å². The number of aliphatic hydroxyl groups is 2. The van der Waals surface area contributed by atoms with Gasteiger partial charge in [0, 0.05) is 12.8 Å². The van der Waals surface area contributed by atoms with E-state index in [-0.39, 0.29) is 19.4 Å². The summed E-state index contributed by atoms with van der Waals surface area (Å²) in [6, 6.07) is 0. The lowest BCUT2D eigenvalue weighted by Crippen LogP contribution is -2.29. The zero-order chi connectivity index (χ0) is 39.8. The number of aliphatic hydroxyl groups excluding tert-OH is 2. The van der Waals surface area contributed by atoms with Gasteiger partial charge in [-0.15, -0.1) is 0 Å². The predicted molar refractivity (Wildman–Crippen MR) is 219 cm³/mol. The van der Waals surface area contributed by atoms with Crippen molar-refractivity contribution in [2.75, 3.05) is 26.4 Å². The number of esters is 2. The molecule has 0 aliphatic rings. The third-order valence-corrected chi connectivity index (χ3v) is 9.39. The van der Waals surface area contributed by atoms with Crippen molar-refractivity contribution in [3.05, 3.63) is 60.8 Å². The minimum absolute atomic E-state index is 0.144. The van der Waals surface area contributed by atoms with Gasteiger partial charge >= 0.3 is 19.8 Å². The number of unbranched alkanes of at least 4 members (excludes halogenated alkanes) is 14. The molecule has 0 fully saturated rings. The van der Waals surface area contributed by atoms with E-state index in [2.05, 4.69) is 79.1 Å². The SMILES string of the molecule is CC/C=C\C/C=C\C/C=C\C/C=C\C/C=C\CCCCCC(=O)OC(COC(=O)CCCCCCCCCCCCCC)COP(=O)(O)OCC(O)CO. The Kier molecular flexibility index (Phi) is 37.2. The largest absolute Gasteiger partial charge is 0.472 e. The van der Waals surface area contributed by atoms with Crippen LogP contribution in [0.4, 0.5) is 0 Å². The maximum atomic E-state index is 12.6. The van der Waals surface area contributed by atoms with Crippen molar-refractivity contribution < 1.29 is 47.8 Å². The standard InChI is InChI=1S/C43H75O10P/c1-3-5-7-9-11-13-15-17-18-19-20-21-22-23-25-27-29-31-33-35-43(47)53-41(39-52-54(48,49)51-37-40(45)36-44)38-50-42(46)34-32-30-28-26-24-16-14-12-10-8-6-4-2/h5,7,11,13,17-18,20-21,23,25,40-41,44-45H,3-4,6,8-10,12,14-16,19,22,24,26-39H2,1-2H3,(H,48,49)/b7-5-,13-11-,18-17-,21-20-,25-23-. The third kappa shape index (κ3) is 38.0. The van der Waals surface area contributed by atoms with Gasteiger partial charge in [0.25, 0.3) is 0 Å². The number of hydrogen-bond donors (Lipinski definition) is 3. The molecule has 0 radical (unpaired) electrons. The summed E-state index contributed by atoms with van der Waals surface area (Å²) >= 11 is 0. The zero-order valence-electron chi connectivity index (χ0n) is 33.7. The zero-order valence-corrected chi connectivity index (χ0v) is 34.6. The number of hydrogen-bond acceptors (Lipinski definition) is 9. The second-order valence-electron chi connectivity index (χ2n) is 13.6. The minimum atomic E-state index is -4.62. The lowest BCUT2D eigenvalue weighted by molar-refractivity contribution is -0.161. The molecule has 0 heterocycles. The Morgan fingerprint density at radius 2 is 1.02 bits per heavy atom. The molecule has 10 nitrogen and oxygen atoms in total. The van der Waals surface area contributed by atoms with Crippen LogP contribution in [-0.2, 0) is 32.7 Å². The van der Waals surface area contributed by atoms with Gasteiger partial charge in [-0.2, -0.15) is 0 Å². The average molecular weight is 783 g/mol. The fourth-order valence-corrected chi connectivity index (χ4v) is 6.04.